The van der Waals surface area contributed by atoms with Crippen molar-refractivity contribution in [3.63, 3.8) is 0 Å². The van der Waals surface area contributed by atoms with E-state index in [2.05, 4.69) is 15.0 Å². The molecule has 0 atom stereocenters. The number of aromatic nitrogens is 2. The lowest BCUT2D eigenvalue weighted by Crippen LogP contribution is -2.12. The van der Waals surface area contributed by atoms with Crippen LogP contribution in [0.1, 0.15) is 16.7 Å². The van der Waals surface area contributed by atoms with Gasteiger partial charge in [0.2, 0.25) is 10.0 Å². The number of rotatable bonds is 4. The molecule has 0 aliphatic heterocycles. The highest BCUT2D eigenvalue weighted by atomic mass is 32.2. The number of aryl methyl sites for hydroxylation is 1. The highest BCUT2D eigenvalue weighted by molar-refractivity contribution is 7.89. The van der Waals surface area contributed by atoms with Crippen LogP contribution in [0.5, 0.6) is 0 Å². The Hall–Kier alpha value is -2.97. The lowest BCUT2D eigenvalue weighted by Gasteiger charge is -2.08. The number of benzene rings is 1. The molecule has 27 heavy (non-hydrogen) atoms. The monoisotopic (exact) mass is 384 g/mol. The predicted molar refractivity (Wildman–Crippen MR) is 102 cm³/mol. The summed E-state index contributed by atoms with van der Waals surface area (Å²) in [6.07, 6.45) is 6.08. The molecular weight excluding hydrogens is 367 g/mol. The summed E-state index contributed by atoms with van der Waals surface area (Å²) in [6, 6.07) is 7.53. The van der Waals surface area contributed by atoms with Gasteiger partial charge in [0.25, 0.3) is 0 Å². The van der Waals surface area contributed by atoms with Crippen LogP contribution in [0.15, 0.2) is 58.8 Å². The Kier molecular flexibility index (Phi) is 5.11. The molecule has 0 spiro atoms. The highest BCUT2D eigenvalue weighted by Gasteiger charge is 2.14. The number of hydrogen-bond donors (Lipinski definition) is 1. The van der Waals surface area contributed by atoms with Crippen LogP contribution < -0.4 is 5.14 Å². The van der Waals surface area contributed by atoms with Crippen molar-refractivity contribution in [2.24, 2.45) is 10.1 Å². The highest BCUT2D eigenvalue weighted by Crippen LogP contribution is 2.27. The number of sulfonamides is 1. The molecule has 2 aromatic heterocycles. The molecule has 0 radical (unpaired) electrons. The molecule has 2 N–H and O–H groups in total. The van der Waals surface area contributed by atoms with Gasteiger partial charge in [-0.1, -0.05) is 6.07 Å². The summed E-state index contributed by atoms with van der Waals surface area (Å²) in [5.41, 5.74) is 3.13. The Morgan fingerprint density at radius 3 is 2.67 bits per heavy atom. The van der Waals surface area contributed by atoms with Crippen molar-refractivity contribution in [1.82, 2.24) is 9.97 Å². The van der Waals surface area contributed by atoms with Gasteiger partial charge in [-0.2, -0.15) is 0 Å². The SMILES string of the molecule is Cc1ccc(S(N)(=O)=O)c(N=Cc2cncc(-c3ncccc3F)c2C)c1. The largest absolute Gasteiger partial charge is 0.263 e. The Morgan fingerprint density at radius 1 is 1.19 bits per heavy atom. The van der Waals surface area contributed by atoms with Crippen LogP contribution in [0.3, 0.4) is 0 Å². The molecule has 6 nitrogen and oxygen atoms in total. The van der Waals surface area contributed by atoms with Gasteiger partial charge < -0.3 is 0 Å². The molecular formula is C19H17FN4O2S. The quantitative estimate of drug-likeness (QED) is 0.698. The van der Waals surface area contributed by atoms with Crippen molar-refractivity contribution >= 4 is 21.9 Å². The average Bonchev–Trinajstić information content (AvgIpc) is 2.60. The van der Waals surface area contributed by atoms with E-state index in [1.165, 1.54) is 36.8 Å². The third-order valence-electron chi connectivity index (χ3n) is 4.03. The molecule has 0 aliphatic carbocycles. The minimum atomic E-state index is -3.91. The van der Waals surface area contributed by atoms with Crippen LogP contribution in [0.4, 0.5) is 10.1 Å². The zero-order chi connectivity index (χ0) is 19.6. The zero-order valence-corrected chi connectivity index (χ0v) is 15.5. The van der Waals surface area contributed by atoms with Gasteiger partial charge in [0, 0.05) is 35.9 Å². The summed E-state index contributed by atoms with van der Waals surface area (Å²) in [5, 5.41) is 5.26. The number of pyridine rings is 2. The van der Waals surface area contributed by atoms with E-state index in [4.69, 9.17) is 5.14 Å². The van der Waals surface area contributed by atoms with Crippen molar-refractivity contribution in [3.05, 3.63) is 71.4 Å². The summed E-state index contributed by atoms with van der Waals surface area (Å²) in [5.74, 6) is -0.452. The maximum atomic E-state index is 14.1. The number of nitrogens with zero attached hydrogens (tertiary/aromatic N) is 3. The van der Waals surface area contributed by atoms with Crippen LogP contribution in [0.2, 0.25) is 0 Å². The zero-order valence-electron chi connectivity index (χ0n) is 14.7. The molecule has 0 saturated carbocycles. The van der Waals surface area contributed by atoms with E-state index in [0.29, 0.717) is 11.1 Å². The fourth-order valence-corrected chi connectivity index (χ4v) is 3.26. The first-order valence-corrected chi connectivity index (χ1v) is 9.55. The second kappa shape index (κ2) is 7.34. The van der Waals surface area contributed by atoms with Crippen molar-refractivity contribution in [3.8, 4) is 11.3 Å². The van der Waals surface area contributed by atoms with Crippen LogP contribution in [0, 0.1) is 19.7 Å². The van der Waals surface area contributed by atoms with Crippen LogP contribution in [0.25, 0.3) is 11.3 Å². The molecule has 3 rings (SSSR count). The lowest BCUT2D eigenvalue weighted by molar-refractivity contribution is 0.598. The van der Waals surface area contributed by atoms with E-state index >= 15 is 0 Å². The lowest BCUT2D eigenvalue weighted by atomic mass is 10.0. The molecule has 138 valence electrons. The maximum Gasteiger partial charge on any atom is 0.240 e. The van der Waals surface area contributed by atoms with Gasteiger partial charge in [-0.3, -0.25) is 15.0 Å². The maximum absolute atomic E-state index is 14.1. The van der Waals surface area contributed by atoms with Crippen LogP contribution >= 0.6 is 0 Å². The minimum Gasteiger partial charge on any atom is -0.263 e. The predicted octanol–water partition coefficient (Wildman–Crippen LogP) is 3.30. The van der Waals surface area contributed by atoms with Gasteiger partial charge in [-0.05, 0) is 49.2 Å². The summed E-state index contributed by atoms with van der Waals surface area (Å²) in [7, 11) is -3.91. The van der Waals surface area contributed by atoms with E-state index in [-0.39, 0.29) is 16.3 Å². The van der Waals surface area contributed by atoms with Crippen LogP contribution in [-0.4, -0.2) is 24.6 Å². The van der Waals surface area contributed by atoms with Crippen molar-refractivity contribution < 1.29 is 12.8 Å². The summed E-state index contributed by atoms with van der Waals surface area (Å²) < 4.78 is 37.6. The smallest absolute Gasteiger partial charge is 0.240 e. The Morgan fingerprint density at radius 2 is 1.96 bits per heavy atom. The second-order valence-corrected chi connectivity index (χ2v) is 7.54. The fraction of sp³-hybridized carbons (Fsp3) is 0.105. The standard InChI is InChI=1S/C19H17FN4O2S/c1-12-5-6-18(27(21,25)26)17(8-12)24-10-14-9-22-11-15(13(14)2)19-16(20)4-3-7-23-19/h3-11H,1-2H3,(H2,21,25,26). The van der Waals surface area contributed by atoms with Gasteiger partial charge in [0.05, 0.1) is 5.69 Å². The number of aliphatic imine (C=N–C) groups is 1. The fourth-order valence-electron chi connectivity index (χ4n) is 2.60. The molecule has 0 bridgehead atoms. The van der Waals surface area contributed by atoms with Crippen LogP contribution in [-0.2, 0) is 10.0 Å². The Balaban J connectivity index is 2.07. The second-order valence-electron chi connectivity index (χ2n) is 6.01. The Labute approximate surface area is 156 Å². The minimum absolute atomic E-state index is 0.0677. The van der Waals surface area contributed by atoms with E-state index in [1.54, 1.807) is 25.3 Å². The molecule has 1 aromatic carbocycles. The summed E-state index contributed by atoms with van der Waals surface area (Å²) in [6.45, 7) is 3.62. The molecule has 3 aromatic rings. The van der Waals surface area contributed by atoms with Gasteiger partial charge in [-0.25, -0.2) is 17.9 Å². The third-order valence-corrected chi connectivity index (χ3v) is 4.99. The van der Waals surface area contributed by atoms with Crippen molar-refractivity contribution in [2.45, 2.75) is 18.7 Å². The first kappa shape index (κ1) is 18.8. The Bertz CT molecular complexity index is 1140. The molecule has 0 fully saturated rings. The molecule has 0 saturated heterocycles. The van der Waals surface area contributed by atoms with Crippen molar-refractivity contribution in [1.29, 1.82) is 0 Å². The molecule has 2 heterocycles. The van der Waals surface area contributed by atoms with E-state index in [0.717, 1.165) is 11.1 Å². The van der Waals surface area contributed by atoms with Gasteiger partial charge in [-0.15, -0.1) is 0 Å². The number of hydrogen-bond acceptors (Lipinski definition) is 5. The topological polar surface area (TPSA) is 98.3 Å². The summed E-state index contributed by atoms with van der Waals surface area (Å²) >= 11 is 0. The third kappa shape index (κ3) is 4.07. The normalized spacial score (nSPS) is 11.9. The summed E-state index contributed by atoms with van der Waals surface area (Å²) in [4.78, 5) is 12.4. The number of halogens is 1. The van der Waals surface area contributed by atoms with Gasteiger partial charge in [0.15, 0.2) is 0 Å². The first-order valence-electron chi connectivity index (χ1n) is 8.00. The molecule has 0 amide bonds. The molecule has 0 aliphatic rings. The molecule has 8 heteroatoms. The molecule has 0 unspecified atom stereocenters. The van der Waals surface area contributed by atoms with Crippen molar-refractivity contribution in [2.75, 3.05) is 0 Å². The van der Waals surface area contributed by atoms with Gasteiger partial charge in [0.1, 0.15) is 16.4 Å². The number of primary sulfonamides is 1. The van der Waals surface area contributed by atoms with E-state index < -0.39 is 15.8 Å². The number of nitrogens with two attached hydrogens (primary N) is 1. The van der Waals surface area contributed by atoms with Gasteiger partial charge >= 0.3 is 0 Å². The first-order chi connectivity index (χ1) is 12.8. The average molecular weight is 384 g/mol. The van der Waals surface area contributed by atoms with E-state index in [1.807, 2.05) is 6.92 Å². The van der Waals surface area contributed by atoms with E-state index in [9.17, 15) is 12.8 Å².